The maximum absolute atomic E-state index is 13.3. The zero-order chi connectivity index (χ0) is 23.3. The number of halogens is 1. The summed E-state index contributed by atoms with van der Waals surface area (Å²) >= 11 is 6.22. The van der Waals surface area contributed by atoms with Gasteiger partial charge in [0.2, 0.25) is 11.8 Å². The number of sulfonamides is 1. The van der Waals surface area contributed by atoms with E-state index in [1.54, 1.807) is 61.5 Å². The van der Waals surface area contributed by atoms with Gasteiger partial charge in [0, 0.05) is 23.3 Å². The Bertz CT molecular complexity index is 1230. The summed E-state index contributed by atoms with van der Waals surface area (Å²) in [6, 6.07) is 19.2. The van der Waals surface area contributed by atoms with Crippen molar-refractivity contribution in [2.45, 2.75) is 18.7 Å². The SMILES string of the molecule is CC(=O)Nc1ccc(NC(=O)CN(c2ccc(C)c(Cl)c2)S(=O)(=O)c2ccccc2)cc1. The van der Waals surface area contributed by atoms with Gasteiger partial charge in [-0.15, -0.1) is 0 Å². The van der Waals surface area contributed by atoms with Crippen molar-refractivity contribution >= 4 is 50.5 Å². The van der Waals surface area contributed by atoms with E-state index in [-0.39, 0.29) is 16.5 Å². The Morgan fingerprint density at radius 2 is 1.50 bits per heavy atom. The first kappa shape index (κ1) is 23.3. The molecule has 0 heterocycles. The second kappa shape index (κ2) is 9.84. The van der Waals surface area contributed by atoms with Gasteiger partial charge in [-0.1, -0.05) is 35.9 Å². The molecule has 0 spiro atoms. The minimum atomic E-state index is -4.02. The van der Waals surface area contributed by atoms with Gasteiger partial charge < -0.3 is 10.6 Å². The molecule has 0 aliphatic rings. The largest absolute Gasteiger partial charge is 0.326 e. The van der Waals surface area contributed by atoms with E-state index in [4.69, 9.17) is 11.6 Å². The summed E-state index contributed by atoms with van der Waals surface area (Å²) in [7, 11) is -4.02. The lowest BCUT2D eigenvalue weighted by molar-refractivity contribution is -0.115. The van der Waals surface area contributed by atoms with Gasteiger partial charge in [-0.3, -0.25) is 13.9 Å². The molecule has 2 amide bonds. The number of hydrogen-bond acceptors (Lipinski definition) is 4. The minimum absolute atomic E-state index is 0.0594. The van der Waals surface area contributed by atoms with Crippen LogP contribution in [0, 0.1) is 6.92 Å². The molecule has 32 heavy (non-hydrogen) atoms. The van der Waals surface area contributed by atoms with E-state index in [1.807, 2.05) is 0 Å². The van der Waals surface area contributed by atoms with Gasteiger partial charge in [0.25, 0.3) is 10.0 Å². The van der Waals surface area contributed by atoms with Crippen molar-refractivity contribution in [1.82, 2.24) is 0 Å². The van der Waals surface area contributed by atoms with Crippen molar-refractivity contribution in [2.75, 3.05) is 21.5 Å². The molecular formula is C23H22ClN3O4S. The van der Waals surface area contributed by atoms with Gasteiger partial charge in [0.05, 0.1) is 10.6 Å². The molecule has 0 aliphatic carbocycles. The Morgan fingerprint density at radius 3 is 2.06 bits per heavy atom. The number of nitrogens with zero attached hydrogens (tertiary/aromatic N) is 1. The fourth-order valence-corrected chi connectivity index (χ4v) is 4.55. The number of rotatable bonds is 7. The van der Waals surface area contributed by atoms with E-state index in [0.717, 1.165) is 9.87 Å². The highest BCUT2D eigenvalue weighted by Crippen LogP contribution is 2.28. The number of amides is 2. The number of carbonyl (C=O) groups excluding carboxylic acids is 2. The first-order chi connectivity index (χ1) is 15.2. The van der Waals surface area contributed by atoms with E-state index in [0.29, 0.717) is 16.4 Å². The quantitative estimate of drug-likeness (QED) is 0.532. The Morgan fingerprint density at radius 1 is 0.906 bits per heavy atom. The Balaban J connectivity index is 1.87. The van der Waals surface area contributed by atoms with Crippen molar-refractivity contribution < 1.29 is 18.0 Å². The number of anilines is 3. The van der Waals surface area contributed by atoms with Crippen LogP contribution >= 0.6 is 11.6 Å². The first-order valence-electron chi connectivity index (χ1n) is 9.68. The average Bonchev–Trinajstić information content (AvgIpc) is 2.75. The summed E-state index contributed by atoms with van der Waals surface area (Å²) in [6.45, 7) is 2.75. The van der Waals surface area contributed by atoms with Gasteiger partial charge in [-0.05, 0) is 61.0 Å². The van der Waals surface area contributed by atoms with Crippen molar-refractivity contribution in [2.24, 2.45) is 0 Å². The second-order valence-electron chi connectivity index (χ2n) is 7.06. The molecule has 0 aliphatic heterocycles. The van der Waals surface area contributed by atoms with E-state index in [9.17, 15) is 18.0 Å². The normalized spacial score (nSPS) is 11.0. The van der Waals surface area contributed by atoms with Crippen LogP contribution in [0.2, 0.25) is 5.02 Å². The number of hydrogen-bond donors (Lipinski definition) is 2. The average molecular weight is 472 g/mol. The van der Waals surface area contributed by atoms with Crippen LogP contribution in [0.4, 0.5) is 17.1 Å². The molecule has 0 radical (unpaired) electrons. The third-order valence-electron chi connectivity index (χ3n) is 4.55. The molecule has 7 nitrogen and oxygen atoms in total. The van der Waals surface area contributed by atoms with Gasteiger partial charge in [0.15, 0.2) is 0 Å². The lowest BCUT2D eigenvalue weighted by atomic mass is 10.2. The Hall–Kier alpha value is -3.36. The fraction of sp³-hybridized carbons (Fsp3) is 0.130. The molecule has 0 saturated carbocycles. The molecule has 0 saturated heterocycles. The maximum Gasteiger partial charge on any atom is 0.264 e. The summed E-state index contributed by atoms with van der Waals surface area (Å²) in [5.74, 6) is -0.742. The number of benzene rings is 3. The van der Waals surface area contributed by atoms with Crippen LogP contribution in [-0.2, 0) is 19.6 Å². The Labute approximate surface area is 192 Å². The zero-order valence-corrected chi connectivity index (χ0v) is 19.1. The van der Waals surface area contributed by atoms with Crippen molar-refractivity contribution in [3.05, 3.63) is 83.4 Å². The number of nitrogens with one attached hydrogen (secondary N) is 2. The Kier molecular flexibility index (Phi) is 7.17. The highest BCUT2D eigenvalue weighted by Gasteiger charge is 2.27. The fourth-order valence-electron chi connectivity index (χ4n) is 2.94. The van der Waals surface area contributed by atoms with Crippen LogP contribution in [-0.4, -0.2) is 26.8 Å². The minimum Gasteiger partial charge on any atom is -0.326 e. The summed E-state index contributed by atoms with van der Waals surface area (Å²) in [6.07, 6.45) is 0. The predicted octanol–water partition coefficient (Wildman–Crippen LogP) is 4.44. The predicted molar refractivity (Wildman–Crippen MR) is 127 cm³/mol. The van der Waals surface area contributed by atoms with Crippen molar-refractivity contribution in [3.8, 4) is 0 Å². The molecule has 3 aromatic rings. The van der Waals surface area contributed by atoms with E-state index < -0.39 is 22.5 Å². The second-order valence-corrected chi connectivity index (χ2v) is 9.33. The van der Waals surface area contributed by atoms with Crippen molar-refractivity contribution in [3.63, 3.8) is 0 Å². The maximum atomic E-state index is 13.3. The van der Waals surface area contributed by atoms with Gasteiger partial charge in [-0.2, -0.15) is 0 Å². The van der Waals surface area contributed by atoms with Gasteiger partial charge in [-0.25, -0.2) is 8.42 Å². The zero-order valence-electron chi connectivity index (χ0n) is 17.5. The van der Waals surface area contributed by atoms with Gasteiger partial charge in [0.1, 0.15) is 6.54 Å². The summed E-state index contributed by atoms with van der Waals surface area (Å²) in [5.41, 5.74) is 2.11. The summed E-state index contributed by atoms with van der Waals surface area (Å²) < 4.78 is 27.7. The monoisotopic (exact) mass is 471 g/mol. The molecule has 3 aromatic carbocycles. The molecule has 166 valence electrons. The smallest absolute Gasteiger partial charge is 0.264 e. The highest BCUT2D eigenvalue weighted by molar-refractivity contribution is 7.92. The molecule has 0 unspecified atom stereocenters. The van der Waals surface area contributed by atoms with Crippen LogP contribution in [0.3, 0.4) is 0 Å². The third-order valence-corrected chi connectivity index (χ3v) is 6.75. The van der Waals surface area contributed by atoms with Crippen LogP contribution in [0.5, 0.6) is 0 Å². The van der Waals surface area contributed by atoms with Crippen LogP contribution in [0.25, 0.3) is 0 Å². The van der Waals surface area contributed by atoms with Gasteiger partial charge >= 0.3 is 0 Å². The standard InChI is InChI=1S/C23H22ClN3O4S/c1-16-8-13-20(14-22(16)24)27(32(30,31)21-6-4-3-5-7-21)15-23(29)26-19-11-9-18(10-12-19)25-17(2)28/h3-14H,15H2,1-2H3,(H,25,28)(H,26,29). The summed E-state index contributed by atoms with van der Waals surface area (Å²) in [5, 5.41) is 5.71. The lowest BCUT2D eigenvalue weighted by Crippen LogP contribution is -2.38. The highest BCUT2D eigenvalue weighted by atomic mass is 35.5. The number of aryl methyl sites for hydroxylation is 1. The molecule has 0 aromatic heterocycles. The molecule has 0 bridgehead atoms. The van der Waals surface area contributed by atoms with E-state index in [1.165, 1.54) is 25.1 Å². The lowest BCUT2D eigenvalue weighted by Gasteiger charge is -2.24. The van der Waals surface area contributed by atoms with E-state index >= 15 is 0 Å². The molecule has 9 heteroatoms. The van der Waals surface area contributed by atoms with E-state index in [2.05, 4.69) is 10.6 Å². The topological polar surface area (TPSA) is 95.6 Å². The molecule has 3 rings (SSSR count). The van der Waals surface area contributed by atoms with Crippen LogP contribution in [0.15, 0.2) is 77.7 Å². The molecule has 0 atom stereocenters. The molecule has 2 N–H and O–H groups in total. The van der Waals surface area contributed by atoms with Crippen LogP contribution < -0.4 is 14.9 Å². The molecular weight excluding hydrogens is 450 g/mol. The third kappa shape index (κ3) is 5.66. The summed E-state index contributed by atoms with van der Waals surface area (Å²) in [4.78, 5) is 24.0. The first-order valence-corrected chi connectivity index (χ1v) is 11.5. The molecule has 0 fully saturated rings. The van der Waals surface area contributed by atoms with Crippen LogP contribution in [0.1, 0.15) is 12.5 Å². The number of carbonyl (C=O) groups is 2. The van der Waals surface area contributed by atoms with Crippen molar-refractivity contribution in [1.29, 1.82) is 0 Å².